The lowest BCUT2D eigenvalue weighted by Gasteiger charge is -2.27. The maximum Gasteiger partial charge on any atom is 0.120 e. The summed E-state index contributed by atoms with van der Waals surface area (Å²) in [5, 5.41) is 0. The van der Waals surface area contributed by atoms with Crippen LogP contribution in [0.4, 0.5) is 0 Å². The van der Waals surface area contributed by atoms with Gasteiger partial charge < -0.3 is 4.74 Å². The van der Waals surface area contributed by atoms with E-state index < -0.39 is 0 Å². The van der Waals surface area contributed by atoms with Crippen LogP contribution < -0.4 is 4.74 Å². The van der Waals surface area contributed by atoms with Crippen molar-refractivity contribution in [2.45, 2.75) is 44.6 Å². The van der Waals surface area contributed by atoms with Gasteiger partial charge in [-0.15, -0.1) is 11.6 Å². The molecule has 0 amide bonds. The highest BCUT2D eigenvalue weighted by molar-refractivity contribution is 6.17. The van der Waals surface area contributed by atoms with Crippen molar-refractivity contribution in [3.8, 4) is 5.75 Å². The lowest BCUT2D eigenvalue weighted by atomic mass is 9.89. The maximum atomic E-state index is 6.01. The van der Waals surface area contributed by atoms with Gasteiger partial charge >= 0.3 is 0 Å². The predicted octanol–water partition coefficient (Wildman–Crippen LogP) is 4.38. The predicted molar refractivity (Wildman–Crippen MR) is 68.0 cm³/mol. The number of hydrogen-bond acceptors (Lipinski definition) is 1. The second-order valence-electron chi connectivity index (χ2n) is 4.79. The van der Waals surface area contributed by atoms with Gasteiger partial charge in [0.1, 0.15) is 5.75 Å². The first-order valence-corrected chi connectivity index (χ1v) is 6.63. The van der Waals surface area contributed by atoms with E-state index in [0.29, 0.717) is 12.0 Å². The van der Waals surface area contributed by atoms with Crippen LogP contribution in [0.15, 0.2) is 24.3 Å². The van der Waals surface area contributed by atoms with E-state index in [9.17, 15) is 0 Å². The van der Waals surface area contributed by atoms with Crippen LogP contribution in [0.1, 0.15) is 38.2 Å². The van der Waals surface area contributed by atoms with E-state index in [1.165, 1.54) is 25.7 Å². The summed E-state index contributed by atoms with van der Waals surface area (Å²) in [6.07, 6.45) is 5.41. The maximum absolute atomic E-state index is 6.01. The number of hydrogen-bond donors (Lipinski definition) is 0. The highest BCUT2D eigenvalue weighted by Gasteiger charge is 2.20. The smallest absolute Gasteiger partial charge is 0.120 e. The second kappa shape index (κ2) is 5.58. The van der Waals surface area contributed by atoms with Gasteiger partial charge in [0.15, 0.2) is 0 Å². The van der Waals surface area contributed by atoms with Gasteiger partial charge in [-0.25, -0.2) is 0 Å². The molecule has 0 heterocycles. The van der Waals surface area contributed by atoms with Crippen molar-refractivity contribution in [3.63, 3.8) is 0 Å². The molecule has 1 aliphatic carbocycles. The van der Waals surface area contributed by atoms with E-state index in [2.05, 4.69) is 6.92 Å². The first kappa shape index (κ1) is 11.8. The SMILES string of the molecule is CC1CCCC(Oc2cccc(CCl)c2)C1. The van der Waals surface area contributed by atoms with Crippen LogP contribution >= 0.6 is 11.6 Å². The summed E-state index contributed by atoms with van der Waals surface area (Å²) in [7, 11) is 0. The van der Waals surface area contributed by atoms with E-state index in [4.69, 9.17) is 16.3 Å². The summed E-state index contributed by atoms with van der Waals surface area (Å²) in [5.74, 6) is 2.32. The van der Waals surface area contributed by atoms with E-state index in [0.717, 1.165) is 17.2 Å². The minimum atomic E-state index is 0.398. The Balaban J connectivity index is 1.97. The molecule has 2 rings (SSSR count). The van der Waals surface area contributed by atoms with Gasteiger partial charge in [-0.2, -0.15) is 0 Å². The standard InChI is InChI=1S/C14H19ClO/c1-11-4-2-6-13(8-11)16-14-7-3-5-12(9-14)10-15/h3,5,7,9,11,13H,2,4,6,8,10H2,1H3. The van der Waals surface area contributed by atoms with E-state index in [1.54, 1.807) is 0 Å². The summed E-state index contributed by atoms with van der Waals surface area (Å²) in [6.45, 7) is 2.31. The Kier molecular flexibility index (Phi) is 4.11. The molecule has 1 aromatic carbocycles. The largest absolute Gasteiger partial charge is 0.490 e. The molecule has 1 nitrogen and oxygen atoms in total. The Morgan fingerprint density at radius 1 is 1.38 bits per heavy atom. The summed E-state index contributed by atoms with van der Waals surface area (Å²) in [4.78, 5) is 0. The fraction of sp³-hybridized carbons (Fsp3) is 0.571. The van der Waals surface area contributed by atoms with Crippen LogP contribution in [0.25, 0.3) is 0 Å². The number of benzene rings is 1. The normalized spacial score (nSPS) is 25.4. The van der Waals surface area contributed by atoms with Crippen molar-refractivity contribution in [2.24, 2.45) is 5.92 Å². The molecule has 0 aromatic heterocycles. The molecule has 2 atom stereocenters. The zero-order valence-corrected chi connectivity index (χ0v) is 10.5. The van der Waals surface area contributed by atoms with Gasteiger partial charge in [-0.05, 0) is 42.9 Å². The van der Waals surface area contributed by atoms with Crippen LogP contribution in [0, 0.1) is 5.92 Å². The van der Waals surface area contributed by atoms with Crippen molar-refractivity contribution in [1.82, 2.24) is 0 Å². The molecule has 1 aliphatic rings. The Hall–Kier alpha value is -0.690. The molecule has 16 heavy (non-hydrogen) atoms. The lowest BCUT2D eigenvalue weighted by molar-refractivity contribution is 0.129. The summed E-state index contributed by atoms with van der Waals surface area (Å²) >= 11 is 5.81. The molecule has 1 aromatic rings. The molecule has 0 radical (unpaired) electrons. The minimum Gasteiger partial charge on any atom is -0.490 e. The fourth-order valence-electron chi connectivity index (χ4n) is 2.38. The summed E-state index contributed by atoms with van der Waals surface area (Å²) in [5.41, 5.74) is 1.13. The monoisotopic (exact) mass is 238 g/mol. The first-order valence-electron chi connectivity index (χ1n) is 6.09. The molecule has 0 spiro atoms. The number of alkyl halides is 1. The molecule has 0 saturated heterocycles. The number of ether oxygens (including phenoxy) is 1. The summed E-state index contributed by atoms with van der Waals surface area (Å²) < 4.78 is 6.01. The van der Waals surface area contributed by atoms with Crippen LogP contribution in [0.3, 0.4) is 0 Å². The van der Waals surface area contributed by atoms with Gasteiger partial charge in [0.2, 0.25) is 0 Å². The Bertz CT molecular complexity index is 337. The molecule has 1 fully saturated rings. The molecule has 2 heteroatoms. The summed E-state index contributed by atoms with van der Waals surface area (Å²) in [6, 6.07) is 8.12. The van der Waals surface area contributed by atoms with Crippen molar-refractivity contribution in [2.75, 3.05) is 0 Å². The highest BCUT2D eigenvalue weighted by Crippen LogP contribution is 2.27. The topological polar surface area (TPSA) is 9.23 Å². The minimum absolute atomic E-state index is 0.398. The average Bonchev–Trinajstić information content (AvgIpc) is 2.29. The van der Waals surface area contributed by atoms with Crippen LogP contribution in [0.5, 0.6) is 5.75 Å². The van der Waals surface area contributed by atoms with Crippen molar-refractivity contribution in [3.05, 3.63) is 29.8 Å². The Labute approximate surface area is 103 Å². The average molecular weight is 239 g/mol. The molecule has 88 valence electrons. The molecular weight excluding hydrogens is 220 g/mol. The quantitative estimate of drug-likeness (QED) is 0.710. The highest BCUT2D eigenvalue weighted by atomic mass is 35.5. The third-order valence-corrected chi connectivity index (χ3v) is 3.55. The van der Waals surface area contributed by atoms with Gasteiger partial charge in [-0.1, -0.05) is 25.5 Å². The van der Waals surface area contributed by atoms with Crippen molar-refractivity contribution >= 4 is 11.6 Å². The molecule has 2 unspecified atom stereocenters. The van der Waals surface area contributed by atoms with Gasteiger partial charge in [0.05, 0.1) is 6.10 Å². The molecular formula is C14H19ClO. The lowest BCUT2D eigenvalue weighted by Crippen LogP contribution is -2.24. The van der Waals surface area contributed by atoms with Gasteiger partial charge in [-0.3, -0.25) is 0 Å². The third kappa shape index (κ3) is 3.15. The van der Waals surface area contributed by atoms with Crippen molar-refractivity contribution in [1.29, 1.82) is 0 Å². The van der Waals surface area contributed by atoms with E-state index >= 15 is 0 Å². The molecule has 0 aliphatic heterocycles. The molecule has 1 saturated carbocycles. The Morgan fingerprint density at radius 3 is 3.00 bits per heavy atom. The molecule has 0 N–H and O–H groups in total. The van der Waals surface area contributed by atoms with E-state index in [-0.39, 0.29) is 0 Å². The van der Waals surface area contributed by atoms with Crippen LogP contribution in [-0.4, -0.2) is 6.10 Å². The van der Waals surface area contributed by atoms with Gasteiger partial charge in [0, 0.05) is 5.88 Å². The van der Waals surface area contributed by atoms with E-state index in [1.807, 2.05) is 24.3 Å². The van der Waals surface area contributed by atoms with Crippen LogP contribution in [0.2, 0.25) is 0 Å². The Morgan fingerprint density at radius 2 is 2.25 bits per heavy atom. The zero-order valence-electron chi connectivity index (χ0n) is 9.79. The zero-order chi connectivity index (χ0) is 11.4. The fourth-order valence-corrected chi connectivity index (χ4v) is 2.55. The second-order valence-corrected chi connectivity index (χ2v) is 5.06. The molecule has 0 bridgehead atoms. The number of rotatable bonds is 3. The van der Waals surface area contributed by atoms with Crippen molar-refractivity contribution < 1.29 is 4.74 Å². The van der Waals surface area contributed by atoms with Gasteiger partial charge in [0.25, 0.3) is 0 Å². The first-order chi connectivity index (χ1) is 7.78. The number of halogens is 1. The van der Waals surface area contributed by atoms with Crippen LogP contribution in [-0.2, 0) is 5.88 Å². The third-order valence-electron chi connectivity index (χ3n) is 3.24.